The van der Waals surface area contributed by atoms with Gasteiger partial charge in [-0.1, -0.05) is 27.7 Å². The van der Waals surface area contributed by atoms with E-state index in [9.17, 15) is 13.2 Å². The minimum absolute atomic E-state index is 0.195. The Balaban J connectivity index is 2.74. The van der Waals surface area contributed by atoms with Crippen LogP contribution in [0.4, 0.5) is 13.2 Å². The molecule has 0 aliphatic rings. The number of rotatable bonds is 2. The molecule has 2 aromatic rings. The number of aromatic nitrogens is 2. The molecule has 1 unspecified atom stereocenters. The molecule has 1 aromatic carbocycles. The molecule has 0 spiro atoms. The van der Waals surface area contributed by atoms with Crippen molar-refractivity contribution >= 4 is 11.0 Å². The number of alkyl halides is 3. The van der Waals surface area contributed by atoms with Crippen LogP contribution in [0.3, 0.4) is 0 Å². The van der Waals surface area contributed by atoms with E-state index < -0.39 is 11.7 Å². The SMILES string of the molecule is CCC(C)n1c(C(C)(C)C)nc2cc(C(F)(F)F)ccc21. The number of hydrogen-bond donors (Lipinski definition) is 0. The monoisotopic (exact) mass is 298 g/mol. The van der Waals surface area contributed by atoms with E-state index in [1.54, 1.807) is 0 Å². The lowest BCUT2D eigenvalue weighted by molar-refractivity contribution is -0.137. The summed E-state index contributed by atoms with van der Waals surface area (Å²) in [6.07, 6.45) is -3.44. The van der Waals surface area contributed by atoms with Gasteiger partial charge in [0.1, 0.15) is 5.82 Å². The number of halogens is 3. The highest BCUT2D eigenvalue weighted by molar-refractivity contribution is 5.77. The van der Waals surface area contributed by atoms with E-state index in [0.717, 1.165) is 29.9 Å². The first-order valence-electron chi connectivity index (χ1n) is 7.15. The first-order chi connectivity index (χ1) is 9.55. The molecule has 1 heterocycles. The van der Waals surface area contributed by atoms with Gasteiger partial charge >= 0.3 is 6.18 Å². The quantitative estimate of drug-likeness (QED) is 0.733. The summed E-state index contributed by atoms with van der Waals surface area (Å²) in [6, 6.07) is 4.01. The summed E-state index contributed by atoms with van der Waals surface area (Å²) in [6.45, 7) is 10.2. The number of hydrogen-bond acceptors (Lipinski definition) is 1. The highest BCUT2D eigenvalue weighted by Gasteiger charge is 2.32. The van der Waals surface area contributed by atoms with Crippen LogP contribution in [0.2, 0.25) is 0 Å². The van der Waals surface area contributed by atoms with Gasteiger partial charge in [0.25, 0.3) is 0 Å². The molecule has 0 bridgehead atoms. The summed E-state index contributed by atoms with van der Waals surface area (Å²) in [5.41, 5.74) is 0.308. The van der Waals surface area contributed by atoms with Crippen LogP contribution in [0, 0.1) is 0 Å². The standard InChI is InChI=1S/C16H21F3N2/c1-6-10(2)21-13-8-7-11(16(17,18)19)9-12(13)20-14(21)15(3,4)5/h7-10H,6H2,1-5H3. The molecule has 0 amide bonds. The predicted molar refractivity (Wildman–Crippen MR) is 78.4 cm³/mol. The van der Waals surface area contributed by atoms with Crippen molar-refractivity contribution in [2.75, 3.05) is 0 Å². The van der Waals surface area contributed by atoms with Crippen molar-refractivity contribution in [3.05, 3.63) is 29.6 Å². The van der Waals surface area contributed by atoms with Crippen molar-refractivity contribution in [1.82, 2.24) is 9.55 Å². The Kier molecular flexibility index (Phi) is 3.80. The molecule has 0 fully saturated rings. The fourth-order valence-corrected chi connectivity index (χ4v) is 2.43. The van der Waals surface area contributed by atoms with Crippen LogP contribution in [-0.2, 0) is 11.6 Å². The van der Waals surface area contributed by atoms with E-state index in [2.05, 4.69) is 23.4 Å². The Morgan fingerprint density at radius 2 is 1.81 bits per heavy atom. The van der Waals surface area contributed by atoms with Gasteiger partial charge < -0.3 is 4.57 Å². The first kappa shape index (κ1) is 15.9. The topological polar surface area (TPSA) is 17.8 Å². The second kappa shape index (κ2) is 5.04. The van der Waals surface area contributed by atoms with E-state index >= 15 is 0 Å². The Morgan fingerprint density at radius 1 is 1.19 bits per heavy atom. The fourth-order valence-electron chi connectivity index (χ4n) is 2.43. The van der Waals surface area contributed by atoms with Crippen molar-refractivity contribution in [3.8, 4) is 0 Å². The lowest BCUT2D eigenvalue weighted by atomic mass is 9.95. The van der Waals surface area contributed by atoms with E-state index in [1.807, 2.05) is 20.8 Å². The van der Waals surface area contributed by atoms with Crippen molar-refractivity contribution < 1.29 is 13.2 Å². The molecule has 0 aliphatic heterocycles. The smallest absolute Gasteiger partial charge is 0.325 e. The number of benzene rings is 1. The lowest BCUT2D eigenvalue weighted by Crippen LogP contribution is -2.20. The molecular weight excluding hydrogens is 277 g/mol. The summed E-state index contributed by atoms with van der Waals surface area (Å²) >= 11 is 0. The highest BCUT2D eigenvalue weighted by Crippen LogP contribution is 2.35. The van der Waals surface area contributed by atoms with Gasteiger partial charge in [0.2, 0.25) is 0 Å². The maximum atomic E-state index is 12.8. The van der Waals surface area contributed by atoms with Crippen LogP contribution in [-0.4, -0.2) is 9.55 Å². The third kappa shape index (κ3) is 2.92. The summed E-state index contributed by atoms with van der Waals surface area (Å²) in [5, 5.41) is 0. The van der Waals surface area contributed by atoms with Gasteiger partial charge in [-0.05, 0) is 31.5 Å². The van der Waals surface area contributed by atoms with E-state index in [4.69, 9.17) is 0 Å². The highest BCUT2D eigenvalue weighted by atomic mass is 19.4. The summed E-state index contributed by atoms with van der Waals surface area (Å²) in [7, 11) is 0. The van der Waals surface area contributed by atoms with E-state index in [-0.39, 0.29) is 11.5 Å². The molecule has 0 aliphatic carbocycles. The fraction of sp³-hybridized carbons (Fsp3) is 0.562. The molecule has 116 valence electrons. The summed E-state index contributed by atoms with van der Waals surface area (Å²) in [4.78, 5) is 4.49. The third-order valence-corrected chi connectivity index (χ3v) is 3.72. The zero-order valence-corrected chi connectivity index (χ0v) is 13.0. The normalized spacial score (nSPS) is 14.7. The van der Waals surface area contributed by atoms with Crippen LogP contribution >= 0.6 is 0 Å². The van der Waals surface area contributed by atoms with Gasteiger partial charge in [-0.25, -0.2) is 4.98 Å². The molecule has 1 atom stereocenters. The largest absolute Gasteiger partial charge is 0.416 e. The average Bonchev–Trinajstić information content (AvgIpc) is 2.75. The van der Waals surface area contributed by atoms with Crippen molar-refractivity contribution in [2.45, 2.75) is 58.7 Å². The van der Waals surface area contributed by atoms with Gasteiger partial charge in [-0.3, -0.25) is 0 Å². The maximum absolute atomic E-state index is 12.8. The molecule has 2 nitrogen and oxygen atoms in total. The average molecular weight is 298 g/mol. The molecule has 21 heavy (non-hydrogen) atoms. The van der Waals surface area contributed by atoms with Crippen LogP contribution in [0.5, 0.6) is 0 Å². The third-order valence-electron chi connectivity index (χ3n) is 3.72. The molecule has 0 saturated carbocycles. The molecule has 0 saturated heterocycles. The van der Waals surface area contributed by atoms with Gasteiger partial charge in [0.05, 0.1) is 16.6 Å². The minimum Gasteiger partial charge on any atom is -0.325 e. The number of imidazole rings is 1. The van der Waals surface area contributed by atoms with Crippen molar-refractivity contribution in [3.63, 3.8) is 0 Å². The second-order valence-corrected chi connectivity index (χ2v) is 6.51. The Labute approximate surface area is 123 Å². The zero-order valence-electron chi connectivity index (χ0n) is 13.0. The molecule has 0 radical (unpaired) electrons. The Morgan fingerprint density at radius 3 is 2.29 bits per heavy atom. The van der Waals surface area contributed by atoms with Gasteiger partial charge in [0.15, 0.2) is 0 Å². The van der Waals surface area contributed by atoms with Crippen molar-refractivity contribution in [2.24, 2.45) is 0 Å². The molecule has 1 aromatic heterocycles. The van der Waals surface area contributed by atoms with Gasteiger partial charge in [-0.15, -0.1) is 0 Å². The predicted octanol–water partition coefficient (Wildman–Crippen LogP) is 5.32. The van der Waals surface area contributed by atoms with E-state index in [0.29, 0.717) is 5.52 Å². The number of nitrogens with zero attached hydrogens (tertiary/aromatic N) is 2. The van der Waals surface area contributed by atoms with Crippen LogP contribution < -0.4 is 0 Å². The Bertz CT molecular complexity index is 648. The van der Waals surface area contributed by atoms with Crippen LogP contribution in [0.1, 0.15) is 58.5 Å². The van der Waals surface area contributed by atoms with Gasteiger partial charge in [-0.2, -0.15) is 13.2 Å². The first-order valence-corrected chi connectivity index (χ1v) is 7.15. The summed E-state index contributed by atoms with van der Waals surface area (Å²) < 4.78 is 40.6. The van der Waals surface area contributed by atoms with Gasteiger partial charge in [0, 0.05) is 11.5 Å². The zero-order chi connectivity index (χ0) is 16.0. The number of fused-ring (bicyclic) bond motifs is 1. The molecule has 5 heteroatoms. The second-order valence-electron chi connectivity index (χ2n) is 6.51. The minimum atomic E-state index is -4.34. The maximum Gasteiger partial charge on any atom is 0.416 e. The van der Waals surface area contributed by atoms with Crippen LogP contribution in [0.25, 0.3) is 11.0 Å². The molecule has 2 rings (SSSR count). The van der Waals surface area contributed by atoms with E-state index in [1.165, 1.54) is 6.07 Å². The van der Waals surface area contributed by atoms with Crippen LogP contribution in [0.15, 0.2) is 18.2 Å². The summed E-state index contributed by atoms with van der Waals surface area (Å²) in [5.74, 6) is 0.825. The Hall–Kier alpha value is -1.52. The molecule has 0 N–H and O–H groups in total. The lowest BCUT2D eigenvalue weighted by Gasteiger charge is -2.23. The van der Waals surface area contributed by atoms with Crippen molar-refractivity contribution in [1.29, 1.82) is 0 Å². The molecular formula is C16H21F3N2.